The topological polar surface area (TPSA) is 0 Å². The van der Waals surface area contributed by atoms with E-state index in [0.29, 0.717) is 44.2 Å². The first kappa shape index (κ1) is 14.7. The molecular weight excluding hydrogens is 432 g/mol. The molecule has 0 aromatic heterocycles. The van der Waals surface area contributed by atoms with Crippen molar-refractivity contribution in [3.63, 3.8) is 0 Å². The maximum absolute atomic E-state index is 9.63. The van der Waals surface area contributed by atoms with Crippen LogP contribution in [0.15, 0.2) is 145 Å². The van der Waals surface area contributed by atoms with Crippen molar-refractivity contribution >= 4 is 32.3 Å². The lowest BCUT2D eigenvalue weighted by molar-refractivity contribution is 1.63. The summed E-state index contributed by atoms with van der Waals surface area (Å²) in [6.45, 7) is 0. The van der Waals surface area contributed by atoms with Crippen LogP contribution in [-0.4, -0.2) is 0 Å². The summed E-state index contributed by atoms with van der Waals surface area (Å²) >= 11 is 0. The Balaban J connectivity index is 1.83. The van der Waals surface area contributed by atoms with Gasteiger partial charge in [-0.15, -0.1) is 0 Å². The summed E-state index contributed by atoms with van der Waals surface area (Å²) in [5, 5.41) is 3.21. The van der Waals surface area contributed by atoms with E-state index in [9.17, 15) is 2.74 Å². The Labute approximate surface area is 220 Å². The molecule has 0 fully saturated rings. The highest BCUT2D eigenvalue weighted by molar-refractivity contribution is 6.22. The third-order valence-electron chi connectivity index (χ3n) is 6.66. The molecule has 0 N–H and O–H groups in total. The van der Waals surface area contributed by atoms with Crippen molar-refractivity contribution in [2.45, 2.75) is 0 Å². The fourth-order valence-corrected chi connectivity index (χ4v) is 4.99. The van der Waals surface area contributed by atoms with E-state index in [1.54, 1.807) is 0 Å². The highest BCUT2D eigenvalue weighted by atomic mass is 14.2. The molecule has 36 heavy (non-hydrogen) atoms. The average molecular weight is 464 g/mol. The van der Waals surface area contributed by atoms with Gasteiger partial charge in [0.15, 0.2) is 0 Å². The minimum absolute atomic E-state index is 0.0388. The number of benzene rings is 7. The van der Waals surface area contributed by atoms with Gasteiger partial charge in [-0.2, -0.15) is 0 Å². The van der Waals surface area contributed by atoms with Crippen molar-refractivity contribution in [3.8, 4) is 33.4 Å². The van der Waals surface area contributed by atoms with Crippen LogP contribution in [0.1, 0.15) is 9.60 Å². The smallest absolute Gasteiger partial charge is 0.0622 e. The molecule has 0 spiro atoms. The molecule has 0 saturated heterocycles. The molecule has 0 heteroatoms. The lowest BCUT2D eigenvalue weighted by Crippen LogP contribution is -1.91. The Morgan fingerprint density at radius 2 is 0.972 bits per heavy atom. The molecule has 0 atom stereocenters. The monoisotopic (exact) mass is 463 g/mol. The molecule has 0 aliphatic rings. The second-order valence-electron chi connectivity index (χ2n) is 8.79. The molecule has 0 radical (unpaired) electrons. The summed E-state index contributed by atoms with van der Waals surface area (Å²) in [5.41, 5.74) is 3.13. The summed E-state index contributed by atoms with van der Waals surface area (Å²) in [6.07, 6.45) is 0. The van der Waals surface area contributed by atoms with Gasteiger partial charge in [0, 0.05) is 0 Å². The molecule has 7 aromatic rings. The Kier molecular flexibility index (Phi) is 3.47. The zero-order chi connectivity index (χ0) is 30.0. The van der Waals surface area contributed by atoms with Crippen LogP contribution in [0.2, 0.25) is 0 Å². The summed E-state index contributed by atoms with van der Waals surface area (Å²) in [4.78, 5) is 0. The number of hydrogen-bond donors (Lipinski definition) is 0. The van der Waals surface area contributed by atoms with Gasteiger partial charge < -0.3 is 0 Å². The van der Waals surface area contributed by atoms with Crippen LogP contribution in [0.5, 0.6) is 0 Å². The van der Waals surface area contributed by atoms with Gasteiger partial charge in [-0.25, -0.2) is 0 Å². The van der Waals surface area contributed by atoms with Gasteiger partial charge in [-0.3, -0.25) is 0 Å². The minimum atomic E-state index is -0.372. The Morgan fingerprint density at radius 3 is 1.69 bits per heavy atom. The number of fused-ring (bicyclic) bond motifs is 3. The maximum atomic E-state index is 9.63. The molecule has 0 nitrogen and oxygen atoms in total. The van der Waals surface area contributed by atoms with Crippen molar-refractivity contribution in [1.29, 1.82) is 0 Å². The second-order valence-corrected chi connectivity index (χ2v) is 8.79. The van der Waals surface area contributed by atoms with Gasteiger partial charge >= 0.3 is 0 Å². The van der Waals surface area contributed by atoms with Crippen LogP contribution in [0.25, 0.3) is 65.7 Å². The fourth-order valence-electron chi connectivity index (χ4n) is 4.99. The van der Waals surface area contributed by atoms with Gasteiger partial charge in [0.1, 0.15) is 0 Å². The predicted octanol–water partition coefficient (Wildman–Crippen LogP) is 10.1. The summed E-state index contributed by atoms with van der Waals surface area (Å²) < 4.78 is 63.6. The average Bonchev–Trinajstić information content (AvgIpc) is 3.04. The first-order valence-electron chi connectivity index (χ1n) is 15.4. The third kappa shape index (κ3) is 3.39. The van der Waals surface area contributed by atoms with Crippen molar-refractivity contribution in [2.75, 3.05) is 0 Å². The number of rotatable bonds is 3. The van der Waals surface area contributed by atoms with Crippen molar-refractivity contribution in [1.82, 2.24) is 0 Å². The maximum Gasteiger partial charge on any atom is 0.0636 e. The van der Waals surface area contributed by atoms with Gasteiger partial charge in [-0.1, -0.05) is 133 Å². The molecule has 0 amide bonds. The van der Waals surface area contributed by atoms with E-state index in [4.69, 9.17) is 6.85 Å². The summed E-state index contributed by atoms with van der Waals surface area (Å²) in [7, 11) is 0. The molecule has 0 bridgehead atoms. The highest BCUT2D eigenvalue weighted by Gasteiger charge is 2.17. The molecule has 0 saturated carbocycles. The minimum Gasteiger partial charge on any atom is -0.0622 e. The van der Waals surface area contributed by atoms with Crippen molar-refractivity contribution in [2.24, 2.45) is 0 Å². The normalized spacial score (nSPS) is 14.1. The molecule has 7 aromatic carbocycles. The zero-order valence-electron chi connectivity index (χ0n) is 26.3. The third-order valence-corrected chi connectivity index (χ3v) is 6.66. The molecule has 0 aliphatic carbocycles. The van der Waals surface area contributed by atoms with Crippen molar-refractivity contribution in [3.05, 3.63) is 145 Å². The van der Waals surface area contributed by atoms with E-state index in [1.807, 2.05) is 103 Å². The second kappa shape index (κ2) is 8.52. The quantitative estimate of drug-likeness (QED) is 0.229. The van der Waals surface area contributed by atoms with Crippen molar-refractivity contribution < 1.29 is 9.60 Å². The van der Waals surface area contributed by atoms with E-state index in [-0.39, 0.29) is 53.1 Å². The Morgan fingerprint density at radius 1 is 0.389 bits per heavy atom. The van der Waals surface area contributed by atoms with Gasteiger partial charge in [0.2, 0.25) is 0 Å². The SMILES string of the molecule is [2H]c1c([2H])c([2H])c2c(-c3ccc4ccccc4c3)c3c([2H])c(-c4ccccc4)c([2H])c([2H])c3c(-c3ccccc3)c2c1[2H]. The first-order chi connectivity index (χ1) is 20.8. The largest absolute Gasteiger partial charge is 0.0636 e. The van der Waals surface area contributed by atoms with E-state index in [0.717, 1.165) is 10.8 Å². The van der Waals surface area contributed by atoms with Gasteiger partial charge in [0.25, 0.3) is 0 Å². The zero-order valence-corrected chi connectivity index (χ0v) is 19.3. The predicted molar refractivity (Wildman–Crippen MR) is 155 cm³/mol. The molecule has 0 heterocycles. The molecule has 168 valence electrons. The Bertz CT molecular complexity index is 2240. The highest BCUT2D eigenvalue weighted by Crippen LogP contribution is 2.45. The fraction of sp³-hybridized carbons (Fsp3) is 0. The van der Waals surface area contributed by atoms with Crippen LogP contribution < -0.4 is 0 Å². The van der Waals surface area contributed by atoms with Gasteiger partial charge in [0.05, 0.1) is 9.60 Å². The van der Waals surface area contributed by atoms with Gasteiger partial charge in [-0.05, 0) is 77.8 Å². The lowest BCUT2D eigenvalue weighted by atomic mass is 9.84. The van der Waals surface area contributed by atoms with E-state index < -0.39 is 0 Å². The van der Waals surface area contributed by atoms with Crippen LogP contribution in [0, 0.1) is 0 Å². The van der Waals surface area contributed by atoms with Crippen LogP contribution in [-0.2, 0) is 0 Å². The van der Waals surface area contributed by atoms with Crippen LogP contribution in [0.4, 0.5) is 0 Å². The molecule has 7 rings (SSSR count). The molecule has 0 unspecified atom stereocenters. The van der Waals surface area contributed by atoms with E-state index >= 15 is 0 Å². The summed E-state index contributed by atoms with van der Waals surface area (Å²) in [6, 6.07) is 30.7. The molecule has 0 aliphatic heterocycles. The summed E-state index contributed by atoms with van der Waals surface area (Å²) in [5.74, 6) is 0. The standard InChI is InChI=1S/C36H24/c1-3-11-25(12-4-1)29-21-22-33-34(24-29)36(30-20-19-26-13-7-8-16-28(26)23-30)32-18-10-9-17-31(32)35(33)27-14-5-2-6-15-27/h1-24H/i9D,10D,17D,18D,21D,22D,24D. The van der Waals surface area contributed by atoms with E-state index in [1.165, 1.54) is 0 Å². The van der Waals surface area contributed by atoms with Crippen LogP contribution in [0.3, 0.4) is 0 Å². The first-order valence-corrected chi connectivity index (χ1v) is 11.9. The number of hydrogen-bond acceptors (Lipinski definition) is 0. The van der Waals surface area contributed by atoms with E-state index in [2.05, 4.69) is 0 Å². The van der Waals surface area contributed by atoms with Crippen LogP contribution >= 0.6 is 0 Å². The Hall–Kier alpha value is -4.68. The lowest BCUT2D eigenvalue weighted by Gasteiger charge is -2.19. The molecular formula is C36H24.